The van der Waals surface area contributed by atoms with Gasteiger partial charge in [-0.05, 0) is 60.7 Å². The maximum absolute atomic E-state index is 12.8. The SMILES string of the molecule is Cc1ccc(S(=O)(=O)N[C@@H](CC(C)C)C(=O)NCCN2C(=O)S/C(=C/c3cccs3)C2=O)cc1. The summed E-state index contributed by atoms with van der Waals surface area (Å²) < 4.78 is 28.0. The first-order valence-corrected chi connectivity index (χ1v) is 13.9. The molecule has 34 heavy (non-hydrogen) atoms. The predicted octanol–water partition coefficient (Wildman–Crippen LogP) is 3.60. The van der Waals surface area contributed by atoms with Crippen molar-refractivity contribution in [3.8, 4) is 0 Å². The normalized spacial score (nSPS) is 16.5. The van der Waals surface area contributed by atoms with Crippen LogP contribution in [0.2, 0.25) is 0 Å². The van der Waals surface area contributed by atoms with Crippen LogP contribution in [0.15, 0.2) is 51.6 Å². The second-order valence-electron chi connectivity index (χ2n) is 8.26. The highest BCUT2D eigenvalue weighted by Crippen LogP contribution is 2.32. The van der Waals surface area contributed by atoms with Crippen LogP contribution in [0.1, 0.15) is 30.7 Å². The molecule has 0 bridgehead atoms. The van der Waals surface area contributed by atoms with E-state index in [-0.39, 0.29) is 23.9 Å². The Hall–Kier alpha value is -2.47. The molecule has 1 aromatic heterocycles. The minimum atomic E-state index is -3.90. The molecule has 1 saturated heterocycles. The average Bonchev–Trinajstić information content (AvgIpc) is 3.36. The number of imide groups is 1. The fourth-order valence-electron chi connectivity index (χ4n) is 3.26. The number of thioether (sulfide) groups is 1. The second-order valence-corrected chi connectivity index (χ2v) is 11.9. The summed E-state index contributed by atoms with van der Waals surface area (Å²) in [4.78, 5) is 40.0. The molecule has 2 aromatic rings. The zero-order valence-corrected chi connectivity index (χ0v) is 21.6. The van der Waals surface area contributed by atoms with Gasteiger partial charge < -0.3 is 5.32 Å². The first-order chi connectivity index (χ1) is 16.1. The summed E-state index contributed by atoms with van der Waals surface area (Å²) in [6.07, 6.45) is 1.97. The number of nitrogens with zero attached hydrogens (tertiary/aromatic N) is 1. The number of thiophene rings is 1. The van der Waals surface area contributed by atoms with Crippen molar-refractivity contribution in [2.75, 3.05) is 13.1 Å². The van der Waals surface area contributed by atoms with Crippen molar-refractivity contribution >= 4 is 56.3 Å². The van der Waals surface area contributed by atoms with Gasteiger partial charge in [-0.3, -0.25) is 19.3 Å². The summed E-state index contributed by atoms with van der Waals surface area (Å²) in [5.41, 5.74) is 0.924. The van der Waals surface area contributed by atoms with Gasteiger partial charge in [-0.1, -0.05) is 37.6 Å². The molecular weight excluding hydrogens is 494 g/mol. The third-order valence-electron chi connectivity index (χ3n) is 4.98. The number of benzene rings is 1. The topological polar surface area (TPSA) is 113 Å². The Balaban J connectivity index is 1.61. The van der Waals surface area contributed by atoms with Gasteiger partial charge in [0.2, 0.25) is 15.9 Å². The Kier molecular flexibility index (Phi) is 8.69. The van der Waals surface area contributed by atoms with Gasteiger partial charge in [0.15, 0.2) is 0 Å². The van der Waals surface area contributed by atoms with Gasteiger partial charge in [-0.15, -0.1) is 11.3 Å². The number of aryl methyl sites for hydroxylation is 1. The minimum absolute atomic E-state index is 0.00268. The molecule has 3 amide bonds. The highest BCUT2D eigenvalue weighted by molar-refractivity contribution is 8.18. The van der Waals surface area contributed by atoms with Gasteiger partial charge in [0.25, 0.3) is 11.1 Å². The molecule has 2 heterocycles. The van der Waals surface area contributed by atoms with Crippen LogP contribution in [0.3, 0.4) is 0 Å². The number of hydrogen-bond donors (Lipinski definition) is 2. The van der Waals surface area contributed by atoms with Crippen molar-refractivity contribution in [1.29, 1.82) is 0 Å². The zero-order valence-electron chi connectivity index (χ0n) is 19.1. The lowest BCUT2D eigenvalue weighted by atomic mass is 10.0. The van der Waals surface area contributed by atoms with Crippen molar-refractivity contribution < 1.29 is 22.8 Å². The molecule has 0 aliphatic carbocycles. The van der Waals surface area contributed by atoms with Crippen molar-refractivity contribution in [2.24, 2.45) is 5.92 Å². The molecule has 1 fully saturated rings. The first-order valence-electron chi connectivity index (χ1n) is 10.7. The smallest absolute Gasteiger partial charge is 0.293 e. The summed E-state index contributed by atoms with van der Waals surface area (Å²) in [6.45, 7) is 5.65. The summed E-state index contributed by atoms with van der Waals surface area (Å²) >= 11 is 2.32. The second kappa shape index (κ2) is 11.3. The van der Waals surface area contributed by atoms with Gasteiger partial charge in [-0.2, -0.15) is 4.72 Å². The molecule has 0 radical (unpaired) electrons. The summed E-state index contributed by atoms with van der Waals surface area (Å²) in [6, 6.07) is 9.09. The molecule has 8 nitrogen and oxygen atoms in total. The van der Waals surface area contributed by atoms with E-state index in [1.165, 1.54) is 23.5 Å². The number of sulfonamides is 1. The number of carbonyl (C=O) groups is 3. The Morgan fingerprint density at radius 1 is 1.15 bits per heavy atom. The maximum atomic E-state index is 12.8. The van der Waals surface area contributed by atoms with Crippen LogP contribution in [0, 0.1) is 12.8 Å². The average molecular weight is 522 g/mol. The fraction of sp³-hybridized carbons (Fsp3) is 0.348. The number of amides is 3. The molecule has 11 heteroatoms. The van der Waals surface area contributed by atoms with Crippen LogP contribution in [0.25, 0.3) is 6.08 Å². The molecule has 1 aromatic carbocycles. The van der Waals surface area contributed by atoms with E-state index in [9.17, 15) is 22.8 Å². The predicted molar refractivity (Wildman–Crippen MR) is 135 cm³/mol. The van der Waals surface area contributed by atoms with Crippen LogP contribution in [-0.4, -0.2) is 49.5 Å². The number of rotatable bonds is 10. The molecule has 1 aliphatic rings. The van der Waals surface area contributed by atoms with Crippen molar-refractivity contribution in [3.63, 3.8) is 0 Å². The first kappa shape index (κ1) is 26.1. The lowest BCUT2D eigenvalue weighted by molar-refractivity contribution is -0.125. The maximum Gasteiger partial charge on any atom is 0.293 e. The van der Waals surface area contributed by atoms with Crippen molar-refractivity contribution in [3.05, 3.63) is 57.1 Å². The molecule has 3 rings (SSSR count). The van der Waals surface area contributed by atoms with Gasteiger partial charge >= 0.3 is 0 Å². The van der Waals surface area contributed by atoms with E-state index in [0.29, 0.717) is 11.3 Å². The molecule has 2 N–H and O–H groups in total. The standard InChI is InChI=1S/C23H27N3O5S3/c1-15(2)13-19(25-34(30,31)18-8-6-16(3)7-9-18)21(27)24-10-11-26-22(28)20(33-23(26)29)14-17-5-4-12-32-17/h4-9,12,14-15,19,25H,10-11,13H2,1-3H3,(H,24,27)/b20-14+/t19-/m0/s1. The fourth-order valence-corrected chi connectivity index (χ4v) is 6.06. The number of carbonyl (C=O) groups excluding carboxylic acids is 3. The highest BCUT2D eigenvalue weighted by Gasteiger charge is 2.35. The van der Waals surface area contributed by atoms with E-state index >= 15 is 0 Å². The van der Waals surface area contributed by atoms with E-state index in [2.05, 4.69) is 10.0 Å². The molecular formula is C23H27N3O5S3. The number of hydrogen-bond acceptors (Lipinski definition) is 7. The van der Waals surface area contributed by atoms with Crippen LogP contribution in [0.5, 0.6) is 0 Å². The van der Waals surface area contributed by atoms with E-state index in [4.69, 9.17) is 0 Å². The van der Waals surface area contributed by atoms with E-state index < -0.39 is 33.1 Å². The quantitative estimate of drug-likeness (QED) is 0.462. The van der Waals surface area contributed by atoms with E-state index in [1.807, 2.05) is 38.3 Å². The van der Waals surface area contributed by atoms with Crippen molar-refractivity contribution in [1.82, 2.24) is 14.9 Å². The lowest BCUT2D eigenvalue weighted by Gasteiger charge is -2.21. The third-order valence-corrected chi connectivity index (χ3v) is 8.19. The highest BCUT2D eigenvalue weighted by atomic mass is 32.2. The van der Waals surface area contributed by atoms with E-state index in [1.54, 1.807) is 18.2 Å². The Morgan fingerprint density at radius 2 is 1.85 bits per heavy atom. The molecule has 1 aliphatic heterocycles. The van der Waals surface area contributed by atoms with Crippen LogP contribution >= 0.6 is 23.1 Å². The molecule has 1 atom stereocenters. The van der Waals surface area contributed by atoms with Gasteiger partial charge in [-0.25, -0.2) is 8.42 Å². The molecule has 0 saturated carbocycles. The van der Waals surface area contributed by atoms with Gasteiger partial charge in [0.1, 0.15) is 6.04 Å². The summed E-state index contributed by atoms with van der Waals surface area (Å²) in [7, 11) is -3.90. The van der Waals surface area contributed by atoms with Gasteiger partial charge in [0.05, 0.1) is 9.80 Å². The summed E-state index contributed by atoms with van der Waals surface area (Å²) in [5.74, 6) is -0.860. The monoisotopic (exact) mass is 521 g/mol. The van der Waals surface area contributed by atoms with Crippen molar-refractivity contribution in [2.45, 2.75) is 38.1 Å². The molecule has 0 spiro atoms. The zero-order chi connectivity index (χ0) is 24.9. The largest absolute Gasteiger partial charge is 0.353 e. The lowest BCUT2D eigenvalue weighted by Crippen LogP contribution is -2.49. The van der Waals surface area contributed by atoms with E-state index in [0.717, 1.165) is 27.1 Å². The van der Waals surface area contributed by atoms with Crippen LogP contribution < -0.4 is 10.0 Å². The number of nitrogens with one attached hydrogen (secondary N) is 2. The Bertz CT molecular complexity index is 1170. The Labute approximate surface area is 207 Å². The van der Waals surface area contributed by atoms with Gasteiger partial charge in [0, 0.05) is 18.0 Å². The molecule has 182 valence electrons. The molecule has 0 unspecified atom stereocenters. The van der Waals surface area contributed by atoms with Crippen LogP contribution in [0.4, 0.5) is 4.79 Å². The third kappa shape index (κ3) is 6.78. The van der Waals surface area contributed by atoms with Crippen LogP contribution in [-0.2, 0) is 19.6 Å². The minimum Gasteiger partial charge on any atom is -0.353 e. The summed E-state index contributed by atoms with van der Waals surface area (Å²) in [5, 5.41) is 4.14. The Morgan fingerprint density at radius 3 is 2.47 bits per heavy atom.